The summed E-state index contributed by atoms with van der Waals surface area (Å²) in [5.74, 6) is 0.268. The molecule has 0 saturated heterocycles. The van der Waals surface area contributed by atoms with E-state index in [-0.39, 0.29) is 5.97 Å². The number of hydrogen-bond donors (Lipinski definition) is 2. The first-order valence-corrected chi connectivity index (χ1v) is 5.95. The van der Waals surface area contributed by atoms with Crippen LogP contribution in [0.2, 0.25) is 0 Å². The monoisotopic (exact) mass is 257 g/mol. The van der Waals surface area contributed by atoms with Crippen molar-refractivity contribution in [3.05, 3.63) is 48.2 Å². The summed E-state index contributed by atoms with van der Waals surface area (Å²) in [7, 11) is 0. The first kappa shape index (κ1) is 12.9. The van der Waals surface area contributed by atoms with Gasteiger partial charge in [0.15, 0.2) is 0 Å². The van der Waals surface area contributed by atoms with Crippen molar-refractivity contribution in [2.24, 2.45) is 0 Å². The lowest BCUT2D eigenvalue weighted by Crippen LogP contribution is -2.05. The fourth-order valence-electron chi connectivity index (χ4n) is 1.57. The highest BCUT2D eigenvalue weighted by Crippen LogP contribution is 2.17. The van der Waals surface area contributed by atoms with Crippen molar-refractivity contribution >= 4 is 23.2 Å². The van der Waals surface area contributed by atoms with Gasteiger partial charge >= 0.3 is 5.97 Å². The van der Waals surface area contributed by atoms with Gasteiger partial charge < -0.3 is 15.8 Å². The molecular formula is C14H15N3O2. The van der Waals surface area contributed by atoms with Crippen LogP contribution in [0.25, 0.3) is 0 Å². The standard InChI is InChI=1S/C14H15N3O2/c1-2-19-14(18)10-6-7-13(16-9-10)17-12-5-3-4-11(15)8-12/h3-9H,2,15H2,1H3,(H,16,17). The Bertz CT molecular complexity index is 567. The number of anilines is 3. The van der Waals surface area contributed by atoms with E-state index in [1.54, 1.807) is 25.1 Å². The third-order valence-corrected chi connectivity index (χ3v) is 2.43. The highest BCUT2D eigenvalue weighted by atomic mass is 16.5. The summed E-state index contributed by atoms with van der Waals surface area (Å²) in [5.41, 5.74) is 7.64. The van der Waals surface area contributed by atoms with Gasteiger partial charge in [0.05, 0.1) is 12.2 Å². The van der Waals surface area contributed by atoms with Crippen molar-refractivity contribution in [2.45, 2.75) is 6.92 Å². The minimum atomic E-state index is -0.370. The van der Waals surface area contributed by atoms with Gasteiger partial charge in [-0.15, -0.1) is 0 Å². The number of rotatable bonds is 4. The van der Waals surface area contributed by atoms with Crippen LogP contribution in [0.5, 0.6) is 0 Å². The van der Waals surface area contributed by atoms with E-state index in [0.29, 0.717) is 23.7 Å². The molecule has 0 fully saturated rings. The van der Waals surface area contributed by atoms with Crippen LogP contribution in [0, 0.1) is 0 Å². The molecule has 2 rings (SSSR count). The fourth-order valence-corrected chi connectivity index (χ4v) is 1.57. The minimum Gasteiger partial charge on any atom is -0.462 e. The molecule has 3 N–H and O–H groups in total. The van der Waals surface area contributed by atoms with Crippen molar-refractivity contribution in [1.29, 1.82) is 0 Å². The number of aromatic nitrogens is 1. The maximum atomic E-state index is 11.5. The zero-order chi connectivity index (χ0) is 13.7. The number of nitrogens with zero attached hydrogens (tertiary/aromatic N) is 1. The number of carbonyl (C=O) groups is 1. The van der Waals surface area contributed by atoms with E-state index >= 15 is 0 Å². The molecule has 1 aromatic heterocycles. The Kier molecular flexibility index (Phi) is 3.97. The van der Waals surface area contributed by atoms with Gasteiger partial charge in [0.25, 0.3) is 0 Å². The molecule has 5 nitrogen and oxygen atoms in total. The number of hydrogen-bond acceptors (Lipinski definition) is 5. The molecule has 19 heavy (non-hydrogen) atoms. The molecule has 0 amide bonds. The predicted octanol–water partition coefficient (Wildman–Crippen LogP) is 2.58. The Hall–Kier alpha value is -2.56. The van der Waals surface area contributed by atoms with Gasteiger partial charge in [-0.3, -0.25) is 0 Å². The highest BCUT2D eigenvalue weighted by Gasteiger charge is 2.06. The van der Waals surface area contributed by atoms with Crippen LogP contribution >= 0.6 is 0 Å². The molecule has 0 atom stereocenters. The molecule has 2 aromatic rings. The summed E-state index contributed by atoms with van der Waals surface area (Å²) in [4.78, 5) is 15.6. The van der Waals surface area contributed by atoms with Gasteiger partial charge in [0, 0.05) is 17.6 Å². The van der Waals surface area contributed by atoms with Crippen molar-refractivity contribution in [3.8, 4) is 0 Å². The van der Waals surface area contributed by atoms with E-state index in [9.17, 15) is 4.79 Å². The van der Waals surface area contributed by atoms with Crippen LogP contribution in [-0.2, 0) is 4.74 Å². The number of nitrogens with one attached hydrogen (secondary N) is 1. The number of pyridine rings is 1. The van der Waals surface area contributed by atoms with Crippen LogP contribution in [0.3, 0.4) is 0 Å². The van der Waals surface area contributed by atoms with E-state index in [0.717, 1.165) is 5.69 Å². The van der Waals surface area contributed by atoms with Crippen molar-refractivity contribution in [1.82, 2.24) is 4.98 Å². The second kappa shape index (κ2) is 5.86. The number of benzene rings is 1. The Morgan fingerprint density at radius 2 is 2.21 bits per heavy atom. The average Bonchev–Trinajstić information content (AvgIpc) is 2.40. The van der Waals surface area contributed by atoms with Crippen molar-refractivity contribution in [2.75, 3.05) is 17.7 Å². The van der Waals surface area contributed by atoms with Gasteiger partial charge in [0.2, 0.25) is 0 Å². The number of carbonyl (C=O) groups excluding carboxylic acids is 1. The number of esters is 1. The third-order valence-electron chi connectivity index (χ3n) is 2.43. The Labute approximate surface area is 111 Å². The third kappa shape index (κ3) is 3.45. The van der Waals surface area contributed by atoms with Crippen LogP contribution in [0.1, 0.15) is 17.3 Å². The SMILES string of the molecule is CCOC(=O)c1ccc(Nc2cccc(N)c2)nc1. The molecule has 1 heterocycles. The summed E-state index contributed by atoms with van der Waals surface area (Å²) in [6, 6.07) is 10.7. The molecule has 5 heteroatoms. The first-order valence-electron chi connectivity index (χ1n) is 5.95. The maximum absolute atomic E-state index is 11.5. The van der Waals surface area contributed by atoms with Crippen molar-refractivity contribution in [3.63, 3.8) is 0 Å². The van der Waals surface area contributed by atoms with E-state index < -0.39 is 0 Å². The molecule has 0 aliphatic carbocycles. The zero-order valence-corrected chi connectivity index (χ0v) is 10.6. The van der Waals surface area contributed by atoms with E-state index in [2.05, 4.69) is 10.3 Å². The van der Waals surface area contributed by atoms with Crippen LogP contribution in [0.4, 0.5) is 17.2 Å². The smallest absolute Gasteiger partial charge is 0.339 e. The summed E-state index contributed by atoms with van der Waals surface area (Å²) in [6.07, 6.45) is 1.48. The molecule has 0 aliphatic heterocycles. The molecule has 0 bridgehead atoms. The van der Waals surface area contributed by atoms with Gasteiger partial charge in [-0.2, -0.15) is 0 Å². The summed E-state index contributed by atoms with van der Waals surface area (Å²) in [6.45, 7) is 2.11. The van der Waals surface area contributed by atoms with Gasteiger partial charge in [-0.1, -0.05) is 6.07 Å². The Morgan fingerprint density at radius 3 is 2.84 bits per heavy atom. The number of nitrogen functional groups attached to an aromatic ring is 1. The zero-order valence-electron chi connectivity index (χ0n) is 10.6. The first-order chi connectivity index (χ1) is 9.19. The molecule has 0 aliphatic rings. The van der Waals surface area contributed by atoms with Gasteiger partial charge in [-0.05, 0) is 37.3 Å². The van der Waals surface area contributed by atoms with Crippen LogP contribution in [0.15, 0.2) is 42.6 Å². The van der Waals surface area contributed by atoms with Crippen LogP contribution in [-0.4, -0.2) is 17.6 Å². The van der Waals surface area contributed by atoms with Gasteiger partial charge in [0.1, 0.15) is 5.82 Å². The van der Waals surface area contributed by atoms with E-state index in [4.69, 9.17) is 10.5 Å². The molecule has 0 spiro atoms. The molecule has 0 radical (unpaired) electrons. The molecular weight excluding hydrogens is 242 g/mol. The van der Waals surface area contributed by atoms with E-state index in [1.165, 1.54) is 6.20 Å². The van der Waals surface area contributed by atoms with Crippen LogP contribution < -0.4 is 11.1 Å². The lowest BCUT2D eigenvalue weighted by Gasteiger charge is -2.07. The summed E-state index contributed by atoms with van der Waals surface area (Å²) < 4.78 is 4.89. The minimum absolute atomic E-state index is 0.349. The summed E-state index contributed by atoms with van der Waals surface area (Å²) >= 11 is 0. The van der Waals surface area contributed by atoms with E-state index in [1.807, 2.05) is 18.2 Å². The normalized spacial score (nSPS) is 9.95. The lowest BCUT2D eigenvalue weighted by molar-refractivity contribution is 0.0526. The number of nitrogens with two attached hydrogens (primary N) is 1. The highest BCUT2D eigenvalue weighted by molar-refractivity contribution is 5.89. The maximum Gasteiger partial charge on any atom is 0.339 e. The fraction of sp³-hybridized carbons (Fsp3) is 0.143. The van der Waals surface area contributed by atoms with Gasteiger partial charge in [-0.25, -0.2) is 9.78 Å². The second-order valence-corrected chi connectivity index (χ2v) is 3.90. The Balaban J connectivity index is 2.08. The second-order valence-electron chi connectivity index (χ2n) is 3.90. The topological polar surface area (TPSA) is 77.2 Å². The quantitative estimate of drug-likeness (QED) is 0.650. The van der Waals surface area contributed by atoms with Crippen molar-refractivity contribution < 1.29 is 9.53 Å². The molecule has 98 valence electrons. The molecule has 0 saturated carbocycles. The molecule has 1 aromatic carbocycles. The lowest BCUT2D eigenvalue weighted by atomic mass is 10.2. The molecule has 0 unspecified atom stereocenters. The largest absolute Gasteiger partial charge is 0.462 e. The summed E-state index contributed by atoms with van der Waals surface area (Å²) in [5, 5.41) is 3.10. The predicted molar refractivity (Wildman–Crippen MR) is 74.3 cm³/mol. The Morgan fingerprint density at radius 1 is 1.37 bits per heavy atom. The average molecular weight is 257 g/mol. The number of ether oxygens (including phenoxy) is 1.